The summed E-state index contributed by atoms with van der Waals surface area (Å²) in [6, 6.07) is 0. The molecule has 0 fully saturated rings. The fourth-order valence-electron chi connectivity index (χ4n) is 4.27. The Bertz CT molecular complexity index is 349. The van der Waals surface area contributed by atoms with Gasteiger partial charge in [-0.25, -0.2) is 0 Å². The lowest BCUT2D eigenvalue weighted by atomic mass is 10.0. The minimum Gasteiger partial charge on any atom is -0.391 e. The van der Waals surface area contributed by atoms with Crippen LogP contribution in [0.2, 0.25) is 0 Å². The molecular weight excluding hydrogens is 386 g/mol. The Morgan fingerprint density at radius 1 is 0.677 bits per heavy atom. The van der Waals surface area contributed by atoms with E-state index in [0.717, 1.165) is 30.6 Å². The first-order chi connectivity index (χ1) is 15.1. The highest BCUT2D eigenvalue weighted by Gasteiger charge is 2.22. The van der Waals surface area contributed by atoms with E-state index in [0.29, 0.717) is 13.2 Å². The average molecular weight is 445 g/mol. The Hall–Kier alpha value is -0.160. The van der Waals surface area contributed by atoms with E-state index in [4.69, 9.17) is 9.47 Å². The number of quaternary nitrogens is 1. The SMILES string of the molecule is CCCCCCCCCCCCCCCCCCOCC(C[N+](C)(C)CCO)OCC. The largest absolute Gasteiger partial charge is 0.391 e. The predicted octanol–water partition coefficient (Wildman–Crippen LogP) is 6.74. The van der Waals surface area contributed by atoms with Crippen molar-refractivity contribution in [1.82, 2.24) is 0 Å². The van der Waals surface area contributed by atoms with Crippen LogP contribution in [0.1, 0.15) is 117 Å². The molecule has 1 atom stereocenters. The van der Waals surface area contributed by atoms with Gasteiger partial charge in [-0.05, 0) is 13.3 Å². The van der Waals surface area contributed by atoms with Gasteiger partial charge in [0, 0.05) is 13.2 Å². The molecule has 4 nitrogen and oxygen atoms in total. The molecule has 0 rings (SSSR count). The summed E-state index contributed by atoms with van der Waals surface area (Å²) in [6.07, 6.45) is 22.5. The molecule has 0 amide bonds. The van der Waals surface area contributed by atoms with E-state index in [2.05, 4.69) is 21.0 Å². The highest BCUT2D eigenvalue weighted by Crippen LogP contribution is 2.14. The van der Waals surface area contributed by atoms with E-state index < -0.39 is 0 Å². The van der Waals surface area contributed by atoms with E-state index in [9.17, 15) is 5.11 Å². The van der Waals surface area contributed by atoms with E-state index in [1.807, 2.05) is 6.92 Å². The van der Waals surface area contributed by atoms with Crippen LogP contribution in [0.4, 0.5) is 0 Å². The predicted molar refractivity (Wildman–Crippen MR) is 135 cm³/mol. The molecule has 0 radical (unpaired) electrons. The van der Waals surface area contributed by atoms with Crippen LogP contribution >= 0.6 is 0 Å². The number of ether oxygens (including phenoxy) is 2. The molecule has 0 aromatic heterocycles. The summed E-state index contributed by atoms with van der Waals surface area (Å²) < 4.78 is 12.5. The smallest absolute Gasteiger partial charge is 0.129 e. The summed E-state index contributed by atoms with van der Waals surface area (Å²) in [5.74, 6) is 0. The zero-order valence-corrected chi connectivity index (χ0v) is 21.8. The zero-order valence-electron chi connectivity index (χ0n) is 21.8. The van der Waals surface area contributed by atoms with Gasteiger partial charge >= 0.3 is 0 Å². The molecule has 1 N–H and O–H groups in total. The van der Waals surface area contributed by atoms with E-state index >= 15 is 0 Å². The van der Waals surface area contributed by atoms with Crippen molar-refractivity contribution in [2.45, 2.75) is 123 Å². The monoisotopic (exact) mass is 444 g/mol. The number of hydrogen-bond acceptors (Lipinski definition) is 3. The van der Waals surface area contributed by atoms with Gasteiger partial charge in [-0.15, -0.1) is 0 Å². The van der Waals surface area contributed by atoms with Gasteiger partial charge < -0.3 is 19.1 Å². The molecule has 0 aliphatic carbocycles. The third kappa shape index (κ3) is 22.8. The molecule has 0 spiro atoms. The maximum absolute atomic E-state index is 9.20. The standard InChI is InChI=1S/C27H58NO3/c1-5-7-8-9-10-11-12-13-14-15-16-17-18-19-20-21-24-30-26-27(31-6-2)25-28(3,4)22-23-29/h27,29H,5-26H2,1-4H3/q+1. The minimum atomic E-state index is 0.118. The first-order valence-electron chi connectivity index (χ1n) is 13.7. The Morgan fingerprint density at radius 2 is 1.13 bits per heavy atom. The van der Waals surface area contributed by atoms with Crippen molar-refractivity contribution in [3.8, 4) is 0 Å². The van der Waals surface area contributed by atoms with Gasteiger partial charge in [-0.3, -0.25) is 0 Å². The van der Waals surface area contributed by atoms with Crippen LogP contribution in [0.5, 0.6) is 0 Å². The molecule has 0 aliphatic heterocycles. The Morgan fingerprint density at radius 3 is 1.55 bits per heavy atom. The first-order valence-corrected chi connectivity index (χ1v) is 13.7. The van der Waals surface area contributed by atoms with Crippen LogP contribution in [0, 0.1) is 0 Å². The molecule has 0 saturated carbocycles. The summed E-state index contributed by atoms with van der Waals surface area (Å²) in [5, 5.41) is 9.20. The fraction of sp³-hybridized carbons (Fsp3) is 1.00. The number of rotatable bonds is 25. The Balaban J connectivity index is 3.39. The van der Waals surface area contributed by atoms with Crippen molar-refractivity contribution in [3.63, 3.8) is 0 Å². The van der Waals surface area contributed by atoms with Gasteiger partial charge in [-0.1, -0.05) is 103 Å². The maximum atomic E-state index is 9.20. The van der Waals surface area contributed by atoms with Gasteiger partial charge in [0.1, 0.15) is 19.2 Å². The van der Waals surface area contributed by atoms with Crippen molar-refractivity contribution in [3.05, 3.63) is 0 Å². The first kappa shape index (κ1) is 30.8. The molecule has 0 aromatic carbocycles. The summed E-state index contributed by atoms with van der Waals surface area (Å²) in [6.45, 7) is 8.40. The third-order valence-electron chi connectivity index (χ3n) is 6.25. The quantitative estimate of drug-likeness (QED) is 0.125. The Kier molecular flexibility index (Phi) is 22.9. The van der Waals surface area contributed by atoms with E-state index in [-0.39, 0.29) is 12.7 Å². The van der Waals surface area contributed by atoms with Crippen LogP contribution in [-0.4, -0.2) is 69.3 Å². The van der Waals surface area contributed by atoms with Crippen molar-refractivity contribution >= 4 is 0 Å². The number of aliphatic hydroxyl groups excluding tert-OH is 1. The van der Waals surface area contributed by atoms with Crippen molar-refractivity contribution < 1.29 is 19.1 Å². The summed E-state index contributed by atoms with van der Waals surface area (Å²) in [5.41, 5.74) is 0. The fourth-order valence-corrected chi connectivity index (χ4v) is 4.27. The van der Waals surface area contributed by atoms with Crippen LogP contribution in [0.15, 0.2) is 0 Å². The van der Waals surface area contributed by atoms with Crippen LogP contribution in [0.3, 0.4) is 0 Å². The van der Waals surface area contributed by atoms with Gasteiger partial charge in [0.25, 0.3) is 0 Å². The lowest BCUT2D eigenvalue weighted by molar-refractivity contribution is -0.893. The molecule has 0 aromatic rings. The van der Waals surface area contributed by atoms with Crippen LogP contribution in [-0.2, 0) is 9.47 Å². The topological polar surface area (TPSA) is 38.7 Å². The molecule has 4 heteroatoms. The molecule has 31 heavy (non-hydrogen) atoms. The second kappa shape index (κ2) is 23.0. The van der Waals surface area contributed by atoms with Crippen LogP contribution in [0.25, 0.3) is 0 Å². The highest BCUT2D eigenvalue weighted by molar-refractivity contribution is 4.56. The molecular formula is C27H58NO3+. The van der Waals surface area contributed by atoms with Crippen LogP contribution < -0.4 is 0 Å². The summed E-state index contributed by atoms with van der Waals surface area (Å²) in [4.78, 5) is 0. The van der Waals surface area contributed by atoms with Crippen molar-refractivity contribution in [1.29, 1.82) is 0 Å². The molecule has 0 bridgehead atoms. The van der Waals surface area contributed by atoms with Crippen molar-refractivity contribution in [2.75, 3.05) is 53.6 Å². The molecule has 0 saturated heterocycles. The molecule has 0 heterocycles. The molecule has 188 valence electrons. The van der Waals surface area contributed by atoms with Crippen molar-refractivity contribution in [2.24, 2.45) is 0 Å². The maximum Gasteiger partial charge on any atom is 0.129 e. The summed E-state index contributed by atoms with van der Waals surface area (Å²) >= 11 is 0. The minimum absolute atomic E-state index is 0.118. The normalized spacial score (nSPS) is 13.1. The lowest BCUT2D eigenvalue weighted by Crippen LogP contribution is -2.49. The van der Waals surface area contributed by atoms with E-state index in [1.165, 1.54) is 96.3 Å². The highest BCUT2D eigenvalue weighted by atomic mass is 16.5. The molecule has 0 aliphatic rings. The van der Waals surface area contributed by atoms with Gasteiger partial charge in [0.05, 0.1) is 27.3 Å². The Labute approximate surface area is 195 Å². The number of likely N-dealkylation sites (N-methyl/N-ethyl adjacent to an activating group) is 1. The van der Waals surface area contributed by atoms with Gasteiger partial charge in [-0.2, -0.15) is 0 Å². The lowest BCUT2D eigenvalue weighted by Gasteiger charge is -2.32. The second-order valence-corrected chi connectivity index (χ2v) is 10.0. The third-order valence-corrected chi connectivity index (χ3v) is 6.25. The number of hydrogen-bond donors (Lipinski definition) is 1. The van der Waals surface area contributed by atoms with Gasteiger partial charge in [0.15, 0.2) is 0 Å². The second-order valence-electron chi connectivity index (χ2n) is 10.0. The van der Waals surface area contributed by atoms with Gasteiger partial charge in [0.2, 0.25) is 0 Å². The van der Waals surface area contributed by atoms with E-state index in [1.54, 1.807) is 0 Å². The zero-order chi connectivity index (χ0) is 23.0. The molecule has 1 unspecified atom stereocenters. The number of aliphatic hydroxyl groups is 1. The number of nitrogens with zero attached hydrogens (tertiary/aromatic N) is 1. The number of unbranched alkanes of at least 4 members (excludes halogenated alkanes) is 15. The average Bonchev–Trinajstić information content (AvgIpc) is 2.72. The summed E-state index contributed by atoms with van der Waals surface area (Å²) in [7, 11) is 4.27.